The highest BCUT2D eigenvalue weighted by Crippen LogP contribution is 2.38. The van der Waals surface area contributed by atoms with Crippen molar-refractivity contribution in [2.75, 3.05) is 18.4 Å². The van der Waals surface area contributed by atoms with E-state index in [0.717, 1.165) is 32.9 Å². The van der Waals surface area contributed by atoms with Gasteiger partial charge in [-0.1, -0.05) is 12.1 Å². The van der Waals surface area contributed by atoms with Gasteiger partial charge in [0.05, 0.1) is 21.0 Å². The monoisotopic (exact) mass is 501 g/mol. The molecule has 5 rings (SSSR count). The molecule has 6 nitrogen and oxygen atoms in total. The molecule has 0 aliphatic carbocycles. The molecule has 10 heteroatoms. The maximum Gasteiger partial charge on any atom is 0.243 e. The van der Waals surface area contributed by atoms with Gasteiger partial charge in [-0.05, 0) is 60.7 Å². The number of anilines is 1. The molecule has 2 aromatic carbocycles. The number of benzene rings is 2. The van der Waals surface area contributed by atoms with Crippen LogP contribution in [0.25, 0.3) is 20.8 Å². The summed E-state index contributed by atoms with van der Waals surface area (Å²) in [5.74, 6) is -1.18. The average Bonchev–Trinajstić information content (AvgIpc) is 3.46. The predicted octanol–water partition coefficient (Wildman–Crippen LogP) is 5.20. The first-order chi connectivity index (χ1) is 15.9. The van der Waals surface area contributed by atoms with Crippen LogP contribution in [0.3, 0.4) is 0 Å². The molecule has 0 saturated carbocycles. The predicted molar refractivity (Wildman–Crippen MR) is 129 cm³/mol. The van der Waals surface area contributed by atoms with Gasteiger partial charge in [0.25, 0.3) is 0 Å². The summed E-state index contributed by atoms with van der Waals surface area (Å²) in [6.07, 6.45) is 1.18. The van der Waals surface area contributed by atoms with Gasteiger partial charge in [0.1, 0.15) is 15.8 Å². The van der Waals surface area contributed by atoms with Crippen LogP contribution in [-0.4, -0.2) is 36.7 Å². The maximum absolute atomic E-state index is 13.2. The summed E-state index contributed by atoms with van der Waals surface area (Å²) in [6, 6.07) is 14.6. The highest BCUT2D eigenvalue weighted by atomic mass is 32.2. The third kappa shape index (κ3) is 4.43. The van der Waals surface area contributed by atoms with Gasteiger partial charge in [-0.25, -0.2) is 17.8 Å². The van der Waals surface area contributed by atoms with Crippen molar-refractivity contribution in [3.63, 3.8) is 0 Å². The topological polar surface area (TPSA) is 79.4 Å². The zero-order valence-electron chi connectivity index (χ0n) is 17.4. The van der Waals surface area contributed by atoms with E-state index in [4.69, 9.17) is 0 Å². The molecule has 2 aromatic heterocycles. The quantitative estimate of drug-likeness (QED) is 0.408. The Morgan fingerprint density at radius 2 is 1.91 bits per heavy atom. The van der Waals surface area contributed by atoms with E-state index < -0.39 is 21.8 Å². The average molecular weight is 502 g/mol. The first-order valence-corrected chi connectivity index (χ1v) is 13.6. The fourth-order valence-corrected chi connectivity index (χ4v) is 7.28. The van der Waals surface area contributed by atoms with E-state index in [9.17, 15) is 17.6 Å². The molecule has 1 N–H and O–H groups in total. The summed E-state index contributed by atoms with van der Waals surface area (Å²) in [4.78, 5) is 17.8. The van der Waals surface area contributed by atoms with Crippen molar-refractivity contribution in [1.82, 2.24) is 9.29 Å². The summed E-state index contributed by atoms with van der Waals surface area (Å²) >= 11 is 2.98. The van der Waals surface area contributed by atoms with Crippen molar-refractivity contribution < 1.29 is 17.6 Å². The van der Waals surface area contributed by atoms with E-state index in [-0.39, 0.29) is 17.3 Å². The van der Waals surface area contributed by atoms with E-state index in [0.29, 0.717) is 24.4 Å². The molecular formula is C23H20FN3O3S3. The van der Waals surface area contributed by atoms with Gasteiger partial charge in [0.2, 0.25) is 15.9 Å². The molecule has 4 aromatic rings. The van der Waals surface area contributed by atoms with Crippen LogP contribution >= 0.6 is 22.7 Å². The zero-order valence-corrected chi connectivity index (χ0v) is 19.9. The Balaban J connectivity index is 1.33. The SMILES string of the molecule is O=C(Nc1sccc1-c1nc2ccccc2s1)C1CCCN(S(=O)(=O)c2ccc(F)cc2)C1. The minimum absolute atomic E-state index is 0.0290. The Labute approximate surface area is 198 Å². The lowest BCUT2D eigenvalue weighted by molar-refractivity contribution is -0.120. The molecule has 1 saturated heterocycles. The molecular weight excluding hydrogens is 481 g/mol. The van der Waals surface area contributed by atoms with Crippen LogP contribution < -0.4 is 5.32 Å². The molecule has 33 heavy (non-hydrogen) atoms. The highest BCUT2D eigenvalue weighted by Gasteiger charge is 2.33. The molecule has 0 bridgehead atoms. The van der Waals surface area contributed by atoms with Gasteiger partial charge in [0, 0.05) is 18.7 Å². The third-order valence-electron chi connectivity index (χ3n) is 5.63. The minimum atomic E-state index is -3.79. The maximum atomic E-state index is 13.2. The number of carbonyl (C=O) groups excluding carboxylic acids is 1. The molecule has 0 spiro atoms. The van der Waals surface area contributed by atoms with Crippen LogP contribution in [0.4, 0.5) is 9.39 Å². The largest absolute Gasteiger partial charge is 0.317 e. The number of carbonyl (C=O) groups is 1. The van der Waals surface area contributed by atoms with Gasteiger partial charge in [-0.15, -0.1) is 22.7 Å². The smallest absolute Gasteiger partial charge is 0.243 e. The van der Waals surface area contributed by atoms with E-state index >= 15 is 0 Å². The number of hydrogen-bond donors (Lipinski definition) is 1. The Bertz CT molecular complexity index is 1380. The van der Waals surface area contributed by atoms with Crippen molar-refractivity contribution in [3.05, 3.63) is 65.8 Å². The van der Waals surface area contributed by atoms with E-state index in [2.05, 4.69) is 10.3 Å². The standard InChI is InChI=1S/C23H20FN3O3S3/c24-16-7-9-17(10-8-16)33(29,30)27-12-3-4-15(14-27)21(28)26-22-18(11-13-31-22)23-25-19-5-1-2-6-20(19)32-23/h1-2,5-11,13,15H,3-4,12,14H2,(H,26,28). The van der Waals surface area contributed by atoms with Crippen molar-refractivity contribution in [2.24, 2.45) is 5.92 Å². The second-order valence-electron chi connectivity index (χ2n) is 7.80. The highest BCUT2D eigenvalue weighted by molar-refractivity contribution is 7.89. The first kappa shape index (κ1) is 22.1. The van der Waals surface area contributed by atoms with Crippen molar-refractivity contribution >= 4 is 53.8 Å². The summed E-state index contributed by atoms with van der Waals surface area (Å²) in [5.41, 5.74) is 1.77. The molecule has 1 aliphatic rings. The second kappa shape index (κ2) is 8.94. The van der Waals surface area contributed by atoms with Crippen LogP contribution in [0.5, 0.6) is 0 Å². The number of thiazole rings is 1. The fourth-order valence-electron chi connectivity index (χ4n) is 3.91. The molecule has 3 heterocycles. The molecule has 1 amide bonds. The summed E-state index contributed by atoms with van der Waals surface area (Å²) in [5, 5.41) is 6.44. The summed E-state index contributed by atoms with van der Waals surface area (Å²) in [7, 11) is -3.79. The number of amides is 1. The Kier molecular flexibility index (Phi) is 6.00. The van der Waals surface area contributed by atoms with Crippen molar-refractivity contribution in [3.8, 4) is 10.6 Å². The number of para-hydroxylation sites is 1. The van der Waals surface area contributed by atoms with Crippen LogP contribution in [0.1, 0.15) is 12.8 Å². The van der Waals surface area contributed by atoms with Crippen LogP contribution in [0, 0.1) is 11.7 Å². The number of piperidine rings is 1. The lowest BCUT2D eigenvalue weighted by atomic mass is 9.99. The number of thiophene rings is 1. The summed E-state index contributed by atoms with van der Waals surface area (Å²) < 4.78 is 41.6. The van der Waals surface area contributed by atoms with Gasteiger partial charge in [0.15, 0.2) is 0 Å². The molecule has 0 radical (unpaired) electrons. The summed E-state index contributed by atoms with van der Waals surface area (Å²) in [6.45, 7) is 0.423. The third-order valence-corrected chi connectivity index (χ3v) is 9.41. The molecule has 1 fully saturated rings. The Hall–Kier alpha value is -2.66. The van der Waals surface area contributed by atoms with Crippen molar-refractivity contribution in [2.45, 2.75) is 17.7 Å². The Morgan fingerprint density at radius 1 is 1.12 bits per heavy atom. The number of halogens is 1. The number of aromatic nitrogens is 1. The number of nitrogens with zero attached hydrogens (tertiary/aromatic N) is 2. The number of fused-ring (bicyclic) bond motifs is 1. The van der Waals surface area contributed by atoms with Gasteiger partial charge in [-0.2, -0.15) is 4.31 Å². The zero-order chi connectivity index (χ0) is 23.0. The van der Waals surface area contributed by atoms with Gasteiger partial charge >= 0.3 is 0 Å². The minimum Gasteiger partial charge on any atom is -0.317 e. The molecule has 1 atom stereocenters. The van der Waals surface area contributed by atoms with Crippen LogP contribution in [0.2, 0.25) is 0 Å². The van der Waals surface area contributed by atoms with Crippen molar-refractivity contribution in [1.29, 1.82) is 0 Å². The van der Waals surface area contributed by atoms with Crippen LogP contribution in [-0.2, 0) is 14.8 Å². The van der Waals surface area contributed by atoms with Gasteiger partial charge < -0.3 is 5.32 Å². The van der Waals surface area contributed by atoms with E-state index in [1.807, 2.05) is 35.7 Å². The van der Waals surface area contributed by atoms with E-state index in [1.54, 1.807) is 11.3 Å². The van der Waals surface area contributed by atoms with E-state index in [1.165, 1.54) is 27.8 Å². The van der Waals surface area contributed by atoms with Gasteiger partial charge in [-0.3, -0.25) is 4.79 Å². The molecule has 1 unspecified atom stereocenters. The lowest BCUT2D eigenvalue weighted by Crippen LogP contribution is -2.43. The Morgan fingerprint density at radius 3 is 2.70 bits per heavy atom. The van der Waals surface area contributed by atoms with Crippen LogP contribution in [0.15, 0.2) is 64.9 Å². The number of rotatable bonds is 5. The normalized spacial score (nSPS) is 17.3. The second-order valence-corrected chi connectivity index (χ2v) is 11.7. The fraction of sp³-hybridized carbons (Fsp3) is 0.217. The number of nitrogens with one attached hydrogen (secondary N) is 1. The molecule has 170 valence electrons. The lowest BCUT2D eigenvalue weighted by Gasteiger charge is -2.31. The molecule has 1 aliphatic heterocycles. The number of sulfonamides is 1. The number of hydrogen-bond acceptors (Lipinski definition) is 6. The first-order valence-electron chi connectivity index (χ1n) is 10.4.